The summed E-state index contributed by atoms with van der Waals surface area (Å²) < 4.78 is 19.6. The number of nitrogens with zero attached hydrogens (tertiary/aromatic N) is 2. The van der Waals surface area contributed by atoms with Gasteiger partial charge in [-0.3, -0.25) is 14.4 Å². The van der Waals surface area contributed by atoms with Gasteiger partial charge in [0.15, 0.2) is 18.2 Å². The van der Waals surface area contributed by atoms with E-state index in [9.17, 15) is 18.8 Å². The predicted octanol–water partition coefficient (Wildman–Crippen LogP) is 5.71. The van der Waals surface area contributed by atoms with E-state index >= 15 is 0 Å². The van der Waals surface area contributed by atoms with Crippen LogP contribution in [0.2, 0.25) is 0 Å². The fraction of sp³-hybridized carbons (Fsp3) is 0.143. The van der Waals surface area contributed by atoms with Gasteiger partial charge in [-0.15, -0.1) is 0 Å². The Hall–Kier alpha value is -5.55. The van der Waals surface area contributed by atoms with Gasteiger partial charge in [0, 0.05) is 17.5 Å². The number of para-hydroxylation sites is 2. The van der Waals surface area contributed by atoms with E-state index < -0.39 is 46.7 Å². The highest BCUT2D eigenvalue weighted by atomic mass is 19.1. The average molecular weight is 570 g/mol. The van der Waals surface area contributed by atoms with Gasteiger partial charge < -0.3 is 15.0 Å². The summed E-state index contributed by atoms with van der Waals surface area (Å²) in [7, 11) is 0. The van der Waals surface area contributed by atoms with Gasteiger partial charge in [-0.2, -0.15) is 5.26 Å². The zero-order valence-corrected chi connectivity index (χ0v) is 22.7. The lowest BCUT2D eigenvalue weighted by molar-refractivity contribution is -0.122. The molecule has 0 radical (unpaired) electrons. The fourth-order valence-corrected chi connectivity index (χ4v) is 7.03. The lowest BCUT2D eigenvalue weighted by atomic mass is 9.62. The van der Waals surface area contributed by atoms with E-state index in [4.69, 9.17) is 10.00 Å². The third-order valence-electron chi connectivity index (χ3n) is 8.70. The molecule has 1 N–H and O–H groups in total. The van der Waals surface area contributed by atoms with Crippen molar-refractivity contribution in [3.63, 3.8) is 0 Å². The minimum absolute atomic E-state index is 0.187. The van der Waals surface area contributed by atoms with Crippen molar-refractivity contribution in [2.75, 3.05) is 11.9 Å². The first-order valence-electron chi connectivity index (χ1n) is 13.8. The normalized spacial score (nSPS) is 22.7. The second kappa shape index (κ2) is 10.1. The number of nitrogens with one attached hydrogen (secondary N) is 1. The molecular formula is C35H24FN3O4. The first kappa shape index (κ1) is 26.4. The molecule has 1 spiro atoms. The lowest BCUT2D eigenvalue weighted by Gasteiger charge is -2.38. The van der Waals surface area contributed by atoms with Crippen LogP contribution in [0.25, 0.3) is 6.08 Å². The molecule has 210 valence electrons. The summed E-state index contributed by atoms with van der Waals surface area (Å²) in [4.78, 5) is 45.8. The van der Waals surface area contributed by atoms with E-state index in [2.05, 4.69) is 5.32 Å². The van der Waals surface area contributed by atoms with E-state index in [1.165, 1.54) is 24.3 Å². The molecule has 43 heavy (non-hydrogen) atoms. The van der Waals surface area contributed by atoms with Crippen LogP contribution < -0.4 is 10.1 Å². The van der Waals surface area contributed by atoms with Crippen LogP contribution in [0.15, 0.2) is 103 Å². The molecule has 4 aromatic rings. The SMILES string of the molecule is N#CCOc1ccccc1C(=O)[C@@H]1[C@H](C(=O)c2ccc(F)cc2)[C@]2(C(=O)Nc3ccccc32)[C@H]2c3ccccc3C=CN12. The number of benzene rings is 4. The van der Waals surface area contributed by atoms with Crippen LogP contribution in [0, 0.1) is 23.1 Å². The third-order valence-corrected chi connectivity index (χ3v) is 8.70. The quantitative estimate of drug-likeness (QED) is 0.299. The number of fused-ring (bicyclic) bond motifs is 6. The molecule has 0 saturated carbocycles. The molecule has 3 aliphatic rings. The number of ether oxygens (including phenoxy) is 1. The van der Waals surface area contributed by atoms with Gasteiger partial charge in [0.25, 0.3) is 0 Å². The molecule has 0 aliphatic carbocycles. The number of carbonyl (C=O) groups is 3. The number of hydrogen-bond acceptors (Lipinski definition) is 6. The number of amides is 1. The summed E-state index contributed by atoms with van der Waals surface area (Å²) in [6, 6.07) is 26.7. The largest absolute Gasteiger partial charge is 0.478 e. The number of carbonyl (C=O) groups excluding carboxylic acids is 3. The van der Waals surface area contributed by atoms with E-state index in [0.717, 1.165) is 11.1 Å². The standard InChI is InChI=1S/C35H24FN3O4/c36-23-15-13-22(14-16-23)31(40)29-30(32(41)25-9-3-6-12-28(25)43-20-18-37)39-19-17-21-7-1-2-8-24(21)33(39)35(29)26-10-4-5-11-27(26)38-34(35)42/h1-17,19,29-30,33H,20H2,(H,38,42)/t29-,30+,33-,35+/m1/s1. The Morgan fingerprint density at radius 3 is 2.47 bits per heavy atom. The molecule has 7 rings (SSSR count). The number of anilines is 1. The fourth-order valence-electron chi connectivity index (χ4n) is 7.03. The van der Waals surface area contributed by atoms with E-state index in [-0.39, 0.29) is 23.5 Å². The Bertz CT molecular complexity index is 1880. The molecule has 0 unspecified atom stereocenters. The Morgan fingerprint density at radius 1 is 0.930 bits per heavy atom. The second-order valence-electron chi connectivity index (χ2n) is 10.8. The van der Waals surface area contributed by atoms with Crippen LogP contribution in [-0.4, -0.2) is 35.0 Å². The molecule has 4 aromatic carbocycles. The van der Waals surface area contributed by atoms with Crippen molar-refractivity contribution in [2.45, 2.75) is 17.5 Å². The molecule has 7 nitrogen and oxygen atoms in total. The first-order valence-corrected chi connectivity index (χ1v) is 13.8. The highest BCUT2D eigenvalue weighted by Gasteiger charge is 2.70. The van der Waals surface area contributed by atoms with Crippen LogP contribution >= 0.6 is 0 Å². The zero-order valence-electron chi connectivity index (χ0n) is 22.7. The maximum absolute atomic E-state index is 14.8. The van der Waals surface area contributed by atoms with Crippen molar-refractivity contribution in [2.24, 2.45) is 5.92 Å². The van der Waals surface area contributed by atoms with Gasteiger partial charge in [0.1, 0.15) is 29.1 Å². The third kappa shape index (κ3) is 3.82. The second-order valence-corrected chi connectivity index (χ2v) is 10.8. The Balaban J connectivity index is 1.52. The first-order chi connectivity index (χ1) is 21.0. The molecular weight excluding hydrogens is 545 g/mol. The van der Waals surface area contributed by atoms with E-state index in [1.807, 2.05) is 59.5 Å². The van der Waals surface area contributed by atoms with Crippen LogP contribution in [0.3, 0.4) is 0 Å². The molecule has 1 saturated heterocycles. The molecule has 1 amide bonds. The minimum atomic E-state index is -1.51. The van der Waals surface area contributed by atoms with Crippen LogP contribution in [0.4, 0.5) is 10.1 Å². The van der Waals surface area contributed by atoms with Gasteiger partial charge in [-0.25, -0.2) is 4.39 Å². The Labute approximate surface area is 246 Å². The van der Waals surface area contributed by atoms with Gasteiger partial charge >= 0.3 is 0 Å². The van der Waals surface area contributed by atoms with Gasteiger partial charge in [0.2, 0.25) is 5.91 Å². The molecule has 4 atom stereocenters. The van der Waals surface area contributed by atoms with Crippen LogP contribution in [0.1, 0.15) is 43.4 Å². The summed E-state index contributed by atoms with van der Waals surface area (Å²) in [5.41, 5.74) is 1.73. The van der Waals surface area contributed by atoms with Crippen molar-refractivity contribution in [1.82, 2.24) is 4.90 Å². The van der Waals surface area contributed by atoms with Crippen molar-refractivity contribution < 1.29 is 23.5 Å². The predicted molar refractivity (Wildman–Crippen MR) is 157 cm³/mol. The van der Waals surface area contributed by atoms with Crippen molar-refractivity contribution in [3.8, 4) is 11.8 Å². The van der Waals surface area contributed by atoms with Gasteiger partial charge in [-0.05, 0) is 65.2 Å². The van der Waals surface area contributed by atoms with Gasteiger partial charge in [-0.1, -0.05) is 54.6 Å². The molecule has 0 bridgehead atoms. The number of halogens is 1. The molecule has 3 aliphatic heterocycles. The molecule has 0 aromatic heterocycles. The number of Topliss-reactive ketones (excluding diaryl/α,β-unsaturated/α-hetero) is 2. The van der Waals surface area contributed by atoms with Crippen LogP contribution in [0.5, 0.6) is 5.75 Å². The minimum Gasteiger partial charge on any atom is -0.478 e. The molecule has 3 heterocycles. The maximum Gasteiger partial charge on any atom is 0.238 e. The maximum atomic E-state index is 14.8. The lowest BCUT2D eigenvalue weighted by Crippen LogP contribution is -2.49. The topological polar surface area (TPSA) is 99.5 Å². The summed E-state index contributed by atoms with van der Waals surface area (Å²) in [5.74, 6) is -2.79. The number of rotatable bonds is 6. The van der Waals surface area contributed by atoms with E-state index in [1.54, 1.807) is 36.5 Å². The van der Waals surface area contributed by atoms with Crippen molar-refractivity contribution in [3.05, 3.63) is 137 Å². The van der Waals surface area contributed by atoms with Crippen LogP contribution in [-0.2, 0) is 10.2 Å². The highest BCUT2D eigenvalue weighted by Crippen LogP contribution is 2.62. The number of ketones is 2. The number of nitriles is 1. The molecule has 1 fully saturated rings. The van der Waals surface area contributed by atoms with Gasteiger partial charge in [0.05, 0.1) is 17.5 Å². The summed E-state index contributed by atoms with van der Waals surface area (Å²) >= 11 is 0. The monoisotopic (exact) mass is 569 g/mol. The summed E-state index contributed by atoms with van der Waals surface area (Å²) in [5, 5.41) is 12.1. The van der Waals surface area contributed by atoms with Crippen molar-refractivity contribution in [1.29, 1.82) is 5.26 Å². The summed E-state index contributed by atoms with van der Waals surface area (Å²) in [6.45, 7) is -0.272. The van der Waals surface area contributed by atoms with E-state index in [0.29, 0.717) is 11.3 Å². The smallest absolute Gasteiger partial charge is 0.238 e. The molecule has 8 heteroatoms. The Kier molecular flexibility index (Phi) is 6.17. The zero-order chi connectivity index (χ0) is 29.7. The highest BCUT2D eigenvalue weighted by molar-refractivity contribution is 6.17. The average Bonchev–Trinajstić information content (AvgIpc) is 3.52. The van der Waals surface area contributed by atoms with Crippen molar-refractivity contribution >= 4 is 29.2 Å². The summed E-state index contributed by atoms with van der Waals surface area (Å²) in [6.07, 6.45) is 3.66. The Morgan fingerprint density at radius 2 is 1.65 bits per heavy atom. The number of hydrogen-bond donors (Lipinski definition) is 1.